The molecule has 0 spiro atoms. The Labute approximate surface area is 213 Å². The Hall–Kier alpha value is -3.42. The largest absolute Gasteiger partial charge is 0.489 e. The van der Waals surface area contributed by atoms with Crippen LogP contribution in [-0.2, 0) is 32.1 Å². The summed E-state index contributed by atoms with van der Waals surface area (Å²) in [6, 6.07) is 15.6. The van der Waals surface area contributed by atoms with Gasteiger partial charge < -0.3 is 24.4 Å². The van der Waals surface area contributed by atoms with E-state index in [9.17, 15) is 9.59 Å². The zero-order valence-electron chi connectivity index (χ0n) is 20.9. The van der Waals surface area contributed by atoms with E-state index in [1.54, 1.807) is 24.3 Å². The van der Waals surface area contributed by atoms with Gasteiger partial charge in [0.05, 0.1) is 30.3 Å². The first kappa shape index (κ1) is 28.8. The zero-order valence-corrected chi connectivity index (χ0v) is 20.9. The fourth-order valence-electron chi connectivity index (χ4n) is 3.31. The lowest BCUT2D eigenvalue weighted by Crippen LogP contribution is -2.21. The van der Waals surface area contributed by atoms with Gasteiger partial charge in [-0.05, 0) is 41.7 Å². The molecule has 2 N–H and O–H groups in total. The quantitative estimate of drug-likeness (QED) is 0.203. The molecule has 7 nitrogen and oxygen atoms in total. The van der Waals surface area contributed by atoms with E-state index in [0.29, 0.717) is 12.4 Å². The number of hydrogen-bond donors (Lipinski definition) is 2. The van der Waals surface area contributed by atoms with E-state index in [-0.39, 0.29) is 24.4 Å². The zero-order chi connectivity index (χ0) is 26.3. The van der Waals surface area contributed by atoms with Crippen molar-refractivity contribution in [2.75, 3.05) is 26.4 Å². The molecule has 0 saturated carbocycles. The molecule has 0 aliphatic heterocycles. The number of ether oxygens (including phenoxy) is 3. The first-order chi connectivity index (χ1) is 17.4. The predicted molar refractivity (Wildman–Crippen MR) is 138 cm³/mol. The highest BCUT2D eigenvalue weighted by atomic mass is 16.5. The highest BCUT2D eigenvalue weighted by Crippen LogP contribution is 2.22. The number of rotatable bonds is 16. The second-order valence-electron chi connectivity index (χ2n) is 8.55. The average Bonchev–Trinajstić information content (AvgIpc) is 2.91. The second-order valence-corrected chi connectivity index (χ2v) is 8.55. The van der Waals surface area contributed by atoms with Crippen molar-refractivity contribution in [2.24, 2.45) is 0 Å². The van der Waals surface area contributed by atoms with Crippen LogP contribution >= 0.6 is 0 Å². The number of unbranched alkanes of at least 4 members (excludes halogenated alkanes) is 2. The summed E-state index contributed by atoms with van der Waals surface area (Å²) in [7, 11) is 0. The van der Waals surface area contributed by atoms with Crippen LogP contribution in [0.25, 0.3) is 0 Å². The first-order valence-corrected chi connectivity index (χ1v) is 12.1. The Morgan fingerprint density at radius 1 is 0.806 bits per heavy atom. The summed E-state index contributed by atoms with van der Waals surface area (Å²) in [5, 5.41) is 18.1. The smallest absolute Gasteiger partial charge is 0.335 e. The summed E-state index contributed by atoms with van der Waals surface area (Å²) in [5.74, 6) is -1.28. The highest BCUT2D eigenvalue weighted by molar-refractivity contribution is 5.88. The fraction of sp³-hybridized carbons (Fsp3) is 0.379. The van der Waals surface area contributed by atoms with Gasteiger partial charge >= 0.3 is 11.9 Å². The SMILES string of the molecule is C=C(CO)C(=O)OCC(COC(=O)C(=C)CO)c1ccc(OCc2ccc(CCCCC)cc2)cc1. The molecule has 0 aliphatic rings. The predicted octanol–water partition coefficient (Wildman–Crippen LogP) is 4.27. The van der Waals surface area contributed by atoms with Crippen LogP contribution in [0.3, 0.4) is 0 Å². The van der Waals surface area contributed by atoms with E-state index >= 15 is 0 Å². The Morgan fingerprint density at radius 2 is 1.33 bits per heavy atom. The minimum atomic E-state index is -0.732. The number of carbonyl (C=O) groups is 2. The van der Waals surface area contributed by atoms with E-state index < -0.39 is 31.1 Å². The third-order valence-electron chi connectivity index (χ3n) is 5.64. The maximum absolute atomic E-state index is 11.9. The van der Waals surface area contributed by atoms with E-state index in [4.69, 9.17) is 24.4 Å². The summed E-state index contributed by atoms with van der Waals surface area (Å²) < 4.78 is 16.3. The minimum absolute atomic E-state index is 0.0721. The molecular weight excluding hydrogens is 460 g/mol. The molecule has 36 heavy (non-hydrogen) atoms. The standard InChI is InChI=1S/C29H36O7/c1-4-5-6-7-23-8-10-24(11-9-23)18-34-27-14-12-25(13-15-27)26(19-35-28(32)21(2)16-30)20-36-29(33)22(3)17-31/h8-15,26,30-31H,2-7,16-20H2,1H3. The molecular formula is C29H36O7. The molecule has 0 aliphatic carbocycles. The molecule has 0 unspecified atom stereocenters. The van der Waals surface area contributed by atoms with E-state index in [1.165, 1.54) is 24.8 Å². The lowest BCUT2D eigenvalue weighted by atomic mass is 10.0. The Kier molecular flexibility index (Phi) is 12.4. The molecule has 0 atom stereocenters. The molecule has 0 fully saturated rings. The molecule has 0 aromatic heterocycles. The number of aliphatic hydroxyl groups excluding tert-OH is 2. The average molecular weight is 497 g/mol. The van der Waals surface area contributed by atoms with Crippen molar-refractivity contribution >= 4 is 11.9 Å². The van der Waals surface area contributed by atoms with Crippen molar-refractivity contribution in [3.63, 3.8) is 0 Å². The van der Waals surface area contributed by atoms with Gasteiger partial charge in [-0.25, -0.2) is 9.59 Å². The fourth-order valence-corrected chi connectivity index (χ4v) is 3.31. The summed E-state index contributed by atoms with van der Waals surface area (Å²) >= 11 is 0. The second kappa shape index (κ2) is 15.5. The summed E-state index contributed by atoms with van der Waals surface area (Å²) in [4.78, 5) is 23.8. The molecule has 0 heterocycles. The van der Waals surface area contributed by atoms with Crippen molar-refractivity contribution in [3.05, 3.63) is 89.5 Å². The van der Waals surface area contributed by atoms with Crippen LogP contribution in [0.1, 0.15) is 48.8 Å². The number of benzene rings is 2. The van der Waals surface area contributed by atoms with Crippen molar-refractivity contribution in [2.45, 2.75) is 45.1 Å². The van der Waals surface area contributed by atoms with E-state index in [0.717, 1.165) is 17.5 Å². The third kappa shape index (κ3) is 9.68. The van der Waals surface area contributed by atoms with Crippen molar-refractivity contribution < 1.29 is 34.0 Å². The molecule has 2 aromatic rings. The van der Waals surface area contributed by atoms with Crippen LogP contribution < -0.4 is 4.74 Å². The van der Waals surface area contributed by atoms with E-state index in [1.807, 2.05) is 0 Å². The lowest BCUT2D eigenvalue weighted by molar-refractivity contribution is -0.142. The molecule has 2 rings (SSSR count). The number of hydrogen-bond acceptors (Lipinski definition) is 7. The van der Waals surface area contributed by atoms with Gasteiger partial charge in [-0.15, -0.1) is 0 Å². The van der Waals surface area contributed by atoms with Crippen LogP contribution in [0.2, 0.25) is 0 Å². The molecule has 0 radical (unpaired) electrons. The van der Waals surface area contributed by atoms with Crippen molar-refractivity contribution in [3.8, 4) is 5.75 Å². The number of carbonyl (C=O) groups excluding carboxylic acids is 2. The summed E-state index contributed by atoms with van der Waals surface area (Å²) in [6.45, 7) is 8.30. The molecule has 2 aromatic carbocycles. The Bertz CT molecular complexity index is 961. The molecule has 7 heteroatoms. The van der Waals surface area contributed by atoms with E-state index in [2.05, 4.69) is 44.3 Å². The first-order valence-electron chi connectivity index (χ1n) is 12.1. The van der Waals surface area contributed by atoms with Crippen LogP contribution in [0.4, 0.5) is 0 Å². The Balaban J connectivity index is 1.98. The highest BCUT2D eigenvalue weighted by Gasteiger charge is 2.19. The summed E-state index contributed by atoms with van der Waals surface area (Å²) in [5.41, 5.74) is 3.01. The van der Waals surface area contributed by atoms with Crippen LogP contribution in [0.15, 0.2) is 72.8 Å². The van der Waals surface area contributed by atoms with Crippen molar-refractivity contribution in [1.29, 1.82) is 0 Å². The maximum atomic E-state index is 11.9. The van der Waals surface area contributed by atoms with Crippen LogP contribution in [0, 0.1) is 0 Å². The number of aliphatic hydroxyl groups is 2. The van der Waals surface area contributed by atoms with Gasteiger partial charge in [0.15, 0.2) is 0 Å². The number of esters is 2. The molecule has 0 saturated heterocycles. The maximum Gasteiger partial charge on any atom is 0.335 e. The molecule has 0 amide bonds. The van der Waals surface area contributed by atoms with Crippen LogP contribution in [-0.4, -0.2) is 48.6 Å². The van der Waals surface area contributed by atoms with Crippen molar-refractivity contribution in [1.82, 2.24) is 0 Å². The van der Waals surface area contributed by atoms with Gasteiger partial charge in [0.2, 0.25) is 0 Å². The lowest BCUT2D eigenvalue weighted by Gasteiger charge is -2.18. The monoisotopic (exact) mass is 496 g/mol. The van der Waals surface area contributed by atoms with Gasteiger partial charge in [-0.1, -0.05) is 69.3 Å². The normalized spacial score (nSPS) is 10.7. The molecule has 194 valence electrons. The Morgan fingerprint density at radius 3 is 1.83 bits per heavy atom. The summed E-state index contributed by atoms with van der Waals surface area (Å²) in [6.07, 6.45) is 4.73. The van der Waals surface area contributed by atoms with Gasteiger partial charge in [0.25, 0.3) is 0 Å². The third-order valence-corrected chi connectivity index (χ3v) is 5.64. The number of aryl methyl sites for hydroxylation is 1. The van der Waals surface area contributed by atoms with Crippen LogP contribution in [0.5, 0.6) is 5.75 Å². The molecule has 0 bridgehead atoms. The van der Waals surface area contributed by atoms with Gasteiger partial charge in [0.1, 0.15) is 25.6 Å². The van der Waals surface area contributed by atoms with Gasteiger partial charge in [-0.2, -0.15) is 0 Å². The topological polar surface area (TPSA) is 102 Å². The minimum Gasteiger partial charge on any atom is -0.489 e. The van der Waals surface area contributed by atoms with Gasteiger partial charge in [0, 0.05) is 0 Å². The van der Waals surface area contributed by atoms with Gasteiger partial charge in [-0.3, -0.25) is 0 Å².